The molecule has 0 aliphatic rings. The van der Waals surface area contributed by atoms with E-state index in [1.807, 2.05) is 31.2 Å². The number of hydrogen-bond acceptors (Lipinski definition) is 2. The Morgan fingerprint density at radius 2 is 2.05 bits per heavy atom. The van der Waals surface area contributed by atoms with E-state index in [0.29, 0.717) is 16.7 Å². The van der Waals surface area contributed by atoms with Crippen LogP contribution in [0.5, 0.6) is 0 Å². The summed E-state index contributed by atoms with van der Waals surface area (Å²) < 4.78 is 0.887. The highest BCUT2D eigenvalue weighted by atomic mass is 79.9. The summed E-state index contributed by atoms with van der Waals surface area (Å²) in [7, 11) is 0. The van der Waals surface area contributed by atoms with Gasteiger partial charge in [0.05, 0.1) is 11.6 Å². The minimum atomic E-state index is -0.0321. The summed E-state index contributed by atoms with van der Waals surface area (Å²) in [6.07, 6.45) is 1.70. The van der Waals surface area contributed by atoms with Crippen molar-refractivity contribution in [3.8, 4) is 6.07 Å². The maximum atomic E-state index is 12.7. The van der Waals surface area contributed by atoms with E-state index in [1.54, 1.807) is 18.3 Å². The summed E-state index contributed by atoms with van der Waals surface area (Å²) >= 11 is 3.42. The van der Waals surface area contributed by atoms with Crippen molar-refractivity contribution in [3.63, 3.8) is 0 Å². The molecule has 0 amide bonds. The van der Waals surface area contributed by atoms with Gasteiger partial charge in [-0.15, -0.1) is 0 Å². The van der Waals surface area contributed by atoms with E-state index in [4.69, 9.17) is 5.26 Å². The summed E-state index contributed by atoms with van der Waals surface area (Å²) in [5.74, 6) is -0.0321. The Morgan fingerprint density at radius 3 is 2.76 bits per heavy atom. The molecule has 0 saturated heterocycles. The lowest BCUT2D eigenvalue weighted by Crippen LogP contribution is -2.01. The van der Waals surface area contributed by atoms with Crippen molar-refractivity contribution in [1.29, 1.82) is 5.26 Å². The highest BCUT2D eigenvalue weighted by molar-refractivity contribution is 9.10. The molecule has 0 spiro atoms. The molecule has 0 fully saturated rings. The minimum Gasteiger partial charge on any atom is -0.360 e. The van der Waals surface area contributed by atoms with Gasteiger partial charge in [-0.25, -0.2) is 0 Å². The fourth-order valence-electron chi connectivity index (χ4n) is 2.41. The molecule has 0 unspecified atom stereocenters. The molecule has 0 aliphatic heterocycles. The largest absolute Gasteiger partial charge is 0.360 e. The van der Waals surface area contributed by atoms with E-state index >= 15 is 0 Å². The molecule has 21 heavy (non-hydrogen) atoms. The Bertz CT molecular complexity index is 883. The summed E-state index contributed by atoms with van der Waals surface area (Å²) in [6, 6.07) is 13.0. The van der Waals surface area contributed by atoms with Crippen LogP contribution in [-0.4, -0.2) is 10.8 Å². The zero-order valence-electron chi connectivity index (χ0n) is 11.3. The highest BCUT2D eigenvalue weighted by Crippen LogP contribution is 2.24. The quantitative estimate of drug-likeness (QED) is 0.706. The number of benzene rings is 2. The lowest BCUT2D eigenvalue weighted by atomic mass is 10.0. The number of aryl methyl sites for hydroxylation is 1. The zero-order valence-corrected chi connectivity index (χ0v) is 12.9. The molecular formula is C17H11BrN2O. The van der Waals surface area contributed by atoms with Gasteiger partial charge < -0.3 is 4.98 Å². The Morgan fingerprint density at radius 1 is 1.24 bits per heavy atom. The van der Waals surface area contributed by atoms with Gasteiger partial charge in [0, 0.05) is 32.7 Å². The predicted molar refractivity (Wildman–Crippen MR) is 85.3 cm³/mol. The maximum Gasteiger partial charge on any atom is 0.195 e. The summed E-state index contributed by atoms with van der Waals surface area (Å²) in [4.78, 5) is 15.7. The standard InChI is InChI=1S/C17H11BrN2O/c1-10-4-12(7-13(18)5-10)17(21)15-9-20-16-6-11(8-19)2-3-14(15)16/h2-7,9,20H,1H3. The smallest absolute Gasteiger partial charge is 0.195 e. The van der Waals surface area contributed by atoms with Gasteiger partial charge in [-0.05, 0) is 42.8 Å². The molecule has 102 valence electrons. The number of fused-ring (bicyclic) bond motifs is 1. The van der Waals surface area contributed by atoms with E-state index in [2.05, 4.69) is 27.0 Å². The van der Waals surface area contributed by atoms with Gasteiger partial charge in [-0.2, -0.15) is 5.26 Å². The number of halogens is 1. The van der Waals surface area contributed by atoms with Crippen molar-refractivity contribution >= 4 is 32.6 Å². The average Bonchev–Trinajstić information content (AvgIpc) is 2.88. The molecule has 0 atom stereocenters. The van der Waals surface area contributed by atoms with Gasteiger partial charge in [-0.1, -0.05) is 22.0 Å². The van der Waals surface area contributed by atoms with Crippen LogP contribution in [0.2, 0.25) is 0 Å². The van der Waals surface area contributed by atoms with Gasteiger partial charge in [0.15, 0.2) is 5.78 Å². The van der Waals surface area contributed by atoms with Crippen molar-refractivity contribution in [1.82, 2.24) is 4.98 Å². The second-order valence-corrected chi connectivity index (χ2v) is 5.84. The molecule has 3 rings (SSSR count). The minimum absolute atomic E-state index is 0.0321. The molecule has 1 N–H and O–H groups in total. The molecule has 2 aromatic carbocycles. The van der Waals surface area contributed by atoms with Crippen LogP contribution in [0.15, 0.2) is 47.1 Å². The molecule has 1 aromatic heterocycles. The Hall–Kier alpha value is -2.38. The Balaban J connectivity index is 2.12. The van der Waals surface area contributed by atoms with Gasteiger partial charge in [0.25, 0.3) is 0 Å². The molecule has 1 heterocycles. The third kappa shape index (κ3) is 2.48. The van der Waals surface area contributed by atoms with Crippen molar-refractivity contribution in [2.45, 2.75) is 6.92 Å². The van der Waals surface area contributed by atoms with E-state index in [1.165, 1.54) is 0 Å². The average molecular weight is 339 g/mol. The number of rotatable bonds is 2. The van der Waals surface area contributed by atoms with Crippen LogP contribution in [0.1, 0.15) is 27.0 Å². The van der Waals surface area contributed by atoms with Crippen molar-refractivity contribution < 1.29 is 4.79 Å². The van der Waals surface area contributed by atoms with Crippen LogP contribution >= 0.6 is 15.9 Å². The number of hydrogen-bond donors (Lipinski definition) is 1. The zero-order chi connectivity index (χ0) is 15.0. The molecule has 3 nitrogen and oxygen atoms in total. The molecular weight excluding hydrogens is 328 g/mol. The third-order valence-corrected chi connectivity index (χ3v) is 3.82. The Labute approximate surface area is 130 Å². The second kappa shape index (κ2) is 5.19. The monoisotopic (exact) mass is 338 g/mol. The van der Waals surface area contributed by atoms with Gasteiger partial charge in [0.2, 0.25) is 0 Å². The number of carbonyl (C=O) groups is 1. The topological polar surface area (TPSA) is 56.6 Å². The molecule has 0 bridgehead atoms. The molecule has 4 heteroatoms. The predicted octanol–water partition coefficient (Wildman–Crippen LogP) is 4.34. The number of aromatic amines is 1. The van der Waals surface area contributed by atoms with Crippen LogP contribution in [-0.2, 0) is 0 Å². The number of aromatic nitrogens is 1. The fourth-order valence-corrected chi connectivity index (χ4v) is 3.01. The maximum absolute atomic E-state index is 12.7. The third-order valence-electron chi connectivity index (χ3n) is 3.36. The summed E-state index contributed by atoms with van der Waals surface area (Å²) in [6.45, 7) is 1.95. The first-order valence-corrected chi connectivity index (χ1v) is 7.21. The van der Waals surface area contributed by atoms with Gasteiger partial charge in [0.1, 0.15) is 0 Å². The van der Waals surface area contributed by atoms with Crippen LogP contribution in [0.25, 0.3) is 10.9 Å². The lowest BCUT2D eigenvalue weighted by molar-refractivity contribution is 0.104. The van der Waals surface area contributed by atoms with Crippen molar-refractivity contribution in [3.05, 3.63) is 69.3 Å². The number of H-pyrrole nitrogens is 1. The fraction of sp³-hybridized carbons (Fsp3) is 0.0588. The summed E-state index contributed by atoms with van der Waals surface area (Å²) in [5.41, 5.74) is 3.66. The highest BCUT2D eigenvalue weighted by Gasteiger charge is 2.15. The van der Waals surface area contributed by atoms with E-state index < -0.39 is 0 Å². The number of nitriles is 1. The normalized spacial score (nSPS) is 10.5. The molecule has 3 aromatic rings. The van der Waals surface area contributed by atoms with Crippen molar-refractivity contribution in [2.75, 3.05) is 0 Å². The van der Waals surface area contributed by atoms with Crippen LogP contribution in [0, 0.1) is 18.3 Å². The van der Waals surface area contributed by atoms with Crippen LogP contribution in [0.4, 0.5) is 0 Å². The lowest BCUT2D eigenvalue weighted by Gasteiger charge is -2.03. The first-order valence-electron chi connectivity index (χ1n) is 6.41. The number of nitrogens with one attached hydrogen (secondary N) is 1. The van der Waals surface area contributed by atoms with Gasteiger partial charge in [-0.3, -0.25) is 4.79 Å². The van der Waals surface area contributed by atoms with Crippen molar-refractivity contribution in [2.24, 2.45) is 0 Å². The van der Waals surface area contributed by atoms with E-state index in [9.17, 15) is 4.79 Å². The van der Waals surface area contributed by atoms with E-state index in [-0.39, 0.29) is 5.78 Å². The molecule has 0 aliphatic carbocycles. The number of ketones is 1. The molecule has 0 saturated carbocycles. The Kier molecular flexibility index (Phi) is 3.36. The first kappa shape index (κ1) is 13.6. The first-order chi connectivity index (χ1) is 10.1. The van der Waals surface area contributed by atoms with Crippen LogP contribution < -0.4 is 0 Å². The van der Waals surface area contributed by atoms with E-state index in [0.717, 1.165) is 20.9 Å². The molecule has 0 radical (unpaired) electrons. The van der Waals surface area contributed by atoms with Crippen LogP contribution in [0.3, 0.4) is 0 Å². The SMILES string of the molecule is Cc1cc(Br)cc(C(=O)c2c[nH]c3cc(C#N)ccc23)c1. The second-order valence-electron chi connectivity index (χ2n) is 4.92. The number of nitrogens with zero attached hydrogens (tertiary/aromatic N) is 1. The summed E-state index contributed by atoms with van der Waals surface area (Å²) in [5, 5.41) is 9.75. The number of carbonyl (C=O) groups excluding carboxylic acids is 1. The van der Waals surface area contributed by atoms with Gasteiger partial charge >= 0.3 is 0 Å².